The molecular formula is C29H31Cl2N3O6S. The molecule has 0 unspecified atom stereocenters. The van der Waals surface area contributed by atoms with Crippen LogP contribution in [-0.2, 0) is 32.6 Å². The number of likely N-dealkylation sites (N-methyl/N-ethyl adjacent to an activating group) is 1. The first-order valence-corrected chi connectivity index (χ1v) is 15.4. The molecule has 9 nitrogen and oxygen atoms in total. The number of halogens is 2. The maximum Gasteiger partial charge on any atom is 0.244 e. The summed E-state index contributed by atoms with van der Waals surface area (Å²) in [4.78, 5) is 28.7. The molecule has 3 aromatic rings. The van der Waals surface area contributed by atoms with E-state index in [1.54, 1.807) is 30.3 Å². The minimum absolute atomic E-state index is 0.0547. The van der Waals surface area contributed by atoms with E-state index in [-0.39, 0.29) is 24.4 Å². The first kappa shape index (κ1) is 30.5. The van der Waals surface area contributed by atoms with Gasteiger partial charge in [0.25, 0.3) is 0 Å². The second-order valence-electron chi connectivity index (χ2n) is 9.31. The smallest absolute Gasteiger partial charge is 0.244 e. The highest BCUT2D eigenvalue weighted by molar-refractivity contribution is 7.92. The van der Waals surface area contributed by atoms with E-state index in [1.165, 1.54) is 24.9 Å². The molecule has 1 heterocycles. The van der Waals surface area contributed by atoms with Crippen molar-refractivity contribution < 1.29 is 27.5 Å². The summed E-state index contributed by atoms with van der Waals surface area (Å²) in [6.45, 7) is 1.59. The van der Waals surface area contributed by atoms with Gasteiger partial charge in [0.15, 0.2) is 11.5 Å². The van der Waals surface area contributed by atoms with Crippen LogP contribution in [-0.4, -0.2) is 63.7 Å². The zero-order valence-corrected chi connectivity index (χ0v) is 25.0. The third-order valence-corrected chi connectivity index (χ3v) is 8.99. The Bertz CT molecular complexity index is 1500. The molecule has 0 saturated carbocycles. The largest absolute Gasteiger partial charge is 0.486 e. The van der Waals surface area contributed by atoms with Crippen molar-refractivity contribution >= 4 is 50.7 Å². The Labute approximate surface area is 250 Å². The summed E-state index contributed by atoms with van der Waals surface area (Å²) in [5.74, 6) is -0.374. The lowest BCUT2D eigenvalue weighted by atomic mass is 10.0. The third kappa shape index (κ3) is 7.44. The molecule has 0 spiro atoms. The standard InChI is InChI=1S/C29H31Cl2N3O6S/c1-3-41(37,38)34(23-11-12-26-27(17-23)40-14-13-39-26)19-28(35)33(18-21-9-10-22(30)16-24(21)31)25(29(36)32-2)15-20-7-5-4-6-8-20/h4-12,16-17,25H,3,13-15,18-19H2,1-2H3,(H,32,36)/t25-/m1/s1. The van der Waals surface area contributed by atoms with Gasteiger partial charge in [-0.2, -0.15) is 0 Å². The molecule has 0 aliphatic carbocycles. The minimum atomic E-state index is -3.92. The van der Waals surface area contributed by atoms with Gasteiger partial charge in [0.1, 0.15) is 25.8 Å². The van der Waals surface area contributed by atoms with Gasteiger partial charge in [-0.05, 0) is 42.3 Å². The lowest BCUT2D eigenvalue weighted by molar-refractivity contribution is -0.139. The number of carbonyl (C=O) groups is 2. The van der Waals surface area contributed by atoms with Crippen molar-refractivity contribution in [3.63, 3.8) is 0 Å². The quantitative estimate of drug-likeness (QED) is 0.343. The van der Waals surface area contributed by atoms with Crippen molar-refractivity contribution in [3.05, 3.63) is 87.9 Å². The lowest BCUT2D eigenvalue weighted by Gasteiger charge is -2.34. The molecule has 3 aromatic carbocycles. The highest BCUT2D eigenvalue weighted by Gasteiger charge is 2.34. The van der Waals surface area contributed by atoms with Crippen molar-refractivity contribution in [2.75, 3.05) is 36.9 Å². The van der Waals surface area contributed by atoms with Crippen LogP contribution >= 0.6 is 23.2 Å². The van der Waals surface area contributed by atoms with Crippen LogP contribution in [0, 0.1) is 0 Å². The van der Waals surface area contributed by atoms with Gasteiger partial charge in [0, 0.05) is 36.1 Å². The maximum absolute atomic E-state index is 14.1. The summed E-state index contributed by atoms with van der Waals surface area (Å²) in [5.41, 5.74) is 1.62. The van der Waals surface area contributed by atoms with Gasteiger partial charge in [-0.25, -0.2) is 8.42 Å². The number of benzene rings is 3. The number of fused-ring (bicyclic) bond motifs is 1. The molecule has 4 rings (SSSR count). The third-order valence-electron chi connectivity index (χ3n) is 6.67. The summed E-state index contributed by atoms with van der Waals surface area (Å²) in [6, 6.07) is 17.9. The first-order chi connectivity index (χ1) is 19.6. The fraction of sp³-hybridized carbons (Fsp3) is 0.310. The van der Waals surface area contributed by atoms with Crippen LogP contribution in [0.1, 0.15) is 18.1 Å². The highest BCUT2D eigenvalue weighted by Crippen LogP contribution is 2.35. The molecule has 41 heavy (non-hydrogen) atoms. The minimum Gasteiger partial charge on any atom is -0.486 e. The number of anilines is 1. The molecule has 0 radical (unpaired) electrons. The average molecular weight is 621 g/mol. The molecular weight excluding hydrogens is 589 g/mol. The van der Waals surface area contributed by atoms with Crippen molar-refractivity contribution in [1.82, 2.24) is 10.2 Å². The van der Waals surface area contributed by atoms with Crippen molar-refractivity contribution in [1.29, 1.82) is 0 Å². The van der Waals surface area contributed by atoms with Crippen molar-refractivity contribution in [2.45, 2.75) is 25.9 Å². The molecule has 0 aromatic heterocycles. The Kier molecular flexibility index (Phi) is 10.0. The monoisotopic (exact) mass is 619 g/mol. The molecule has 1 N–H and O–H groups in total. The molecule has 218 valence electrons. The predicted octanol–water partition coefficient (Wildman–Crippen LogP) is 4.31. The Balaban J connectivity index is 1.75. The van der Waals surface area contributed by atoms with Crippen LogP contribution in [0.4, 0.5) is 5.69 Å². The van der Waals surface area contributed by atoms with E-state index in [0.717, 1.165) is 9.87 Å². The summed E-state index contributed by atoms with van der Waals surface area (Å²) in [6.07, 6.45) is 0.196. The average Bonchev–Trinajstić information content (AvgIpc) is 2.98. The highest BCUT2D eigenvalue weighted by atomic mass is 35.5. The number of sulfonamides is 1. The second-order valence-corrected chi connectivity index (χ2v) is 12.3. The molecule has 2 amide bonds. The van der Waals surface area contributed by atoms with Crippen LogP contribution in [0.25, 0.3) is 0 Å². The molecule has 1 aliphatic heterocycles. The van der Waals surface area contributed by atoms with Gasteiger partial charge in [0.05, 0.1) is 11.4 Å². The number of nitrogens with one attached hydrogen (secondary N) is 1. The molecule has 1 atom stereocenters. The van der Waals surface area contributed by atoms with Crippen LogP contribution < -0.4 is 19.1 Å². The number of nitrogens with zero attached hydrogens (tertiary/aromatic N) is 2. The predicted molar refractivity (Wildman–Crippen MR) is 159 cm³/mol. The normalized spacial score (nSPS) is 13.3. The van der Waals surface area contributed by atoms with E-state index in [2.05, 4.69) is 5.32 Å². The summed E-state index contributed by atoms with van der Waals surface area (Å²) >= 11 is 12.6. The first-order valence-electron chi connectivity index (χ1n) is 13.0. The Morgan fingerprint density at radius 3 is 2.34 bits per heavy atom. The molecule has 0 fully saturated rings. The Hall–Kier alpha value is -3.47. The Morgan fingerprint density at radius 2 is 1.68 bits per heavy atom. The Morgan fingerprint density at radius 1 is 0.976 bits per heavy atom. The SMILES string of the molecule is CCS(=O)(=O)N(CC(=O)N(Cc1ccc(Cl)cc1Cl)[C@H](Cc1ccccc1)C(=O)NC)c1ccc2c(c1)OCCO2. The van der Waals surface area contributed by atoms with Gasteiger partial charge in [0.2, 0.25) is 21.8 Å². The van der Waals surface area contributed by atoms with Crippen LogP contribution in [0.15, 0.2) is 66.7 Å². The van der Waals surface area contributed by atoms with Crippen molar-refractivity contribution in [3.8, 4) is 11.5 Å². The molecule has 0 bridgehead atoms. The number of ether oxygens (including phenoxy) is 2. The van der Waals surface area contributed by atoms with E-state index in [1.807, 2.05) is 30.3 Å². The fourth-order valence-electron chi connectivity index (χ4n) is 4.46. The molecule has 0 saturated heterocycles. The fourth-order valence-corrected chi connectivity index (χ4v) is 5.98. The van der Waals surface area contributed by atoms with E-state index in [4.69, 9.17) is 32.7 Å². The van der Waals surface area contributed by atoms with Crippen molar-refractivity contribution in [2.24, 2.45) is 0 Å². The van der Waals surface area contributed by atoms with Crippen LogP contribution in [0.3, 0.4) is 0 Å². The number of rotatable bonds is 11. The van der Waals surface area contributed by atoms with E-state index in [0.29, 0.717) is 40.3 Å². The lowest BCUT2D eigenvalue weighted by Crippen LogP contribution is -2.53. The van der Waals surface area contributed by atoms with E-state index in [9.17, 15) is 18.0 Å². The van der Waals surface area contributed by atoms with Gasteiger partial charge in [-0.3, -0.25) is 13.9 Å². The van der Waals surface area contributed by atoms with Crippen LogP contribution in [0.2, 0.25) is 10.0 Å². The number of carbonyl (C=O) groups excluding carboxylic acids is 2. The van der Waals surface area contributed by atoms with E-state index < -0.39 is 34.4 Å². The zero-order valence-electron chi connectivity index (χ0n) is 22.7. The second kappa shape index (κ2) is 13.5. The van der Waals surface area contributed by atoms with Gasteiger partial charge >= 0.3 is 0 Å². The zero-order chi connectivity index (χ0) is 29.6. The number of amides is 2. The van der Waals surface area contributed by atoms with Gasteiger partial charge in [-0.1, -0.05) is 59.6 Å². The van der Waals surface area contributed by atoms with E-state index >= 15 is 0 Å². The number of hydrogen-bond acceptors (Lipinski definition) is 6. The molecule has 1 aliphatic rings. The topological polar surface area (TPSA) is 105 Å². The van der Waals surface area contributed by atoms with Crippen LogP contribution in [0.5, 0.6) is 11.5 Å². The summed E-state index contributed by atoms with van der Waals surface area (Å²) < 4.78 is 38.8. The summed E-state index contributed by atoms with van der Waals surface area (Å²) in [5, 5.41) is 3.38. The number of hydrogen-bond donors (Lipinski definition) is 1. The van der Waals surface area contributed by atoms with Gasteiger partial charge in [-0.15, -0.1) is 0 Å². The van der Waals surface area contributed by atoms with Gasteiger partial charge < -0.3 is 19.7 Å². The summed E-state index contributed by atoms with van der Waals surface area (Å²) in [7, 11) is -2.43. The molecule has 12 heteroatoms. The maximum atomic E-state index is 14.1.